The first-order chi connectivity index (χ1) is 12.0. The van der Waals surface area contributed by atoms with Gasteiger partial charge in [0.25, 0.3) is 0 Å². The van der Waals surface area contributed by atoms with Gasteiger partial charge in [0.15, 0.2) is 5.96 Å². The van der Waals surface area contributed by atoms with Crippen molar-refractivity contribution in [2.24, 2.45) is 10.7 Å². The van der Waals surface area contributed by atoms with Crippen molar-refractivity contribution >= 4 is 40.0 Å². The number of methoxy groups -OCH3 is 1. The van der Waals surface area contributed by atoms with E-state index in [-0.39, 0.29) is 35.4 Å². The molecule has 0 radical (unpaired) electrons. The Kier molecular flexibility index (Phi) is 13.7. The molecule has 0 fully saturated rings. The number of ether oxygens (including phenoxy) is 1. The average Bonchev–Trinajstić information content (AvgIpc) is 2.60. The Bertz CT molecular complexity index is 639. The van der Waals surface area contributed by atoms with Crippen LogP contribution in [0.25, 0.3) is 0 Å². The lowest BCUT2D eigenvalue weighted by Crippen LogP contribution is -2.32. The molecule has 26 heavy (non-hydrogen) atoms. The van der Waals surface area contributed by atoms with E-state index in [4.69, 9.17) is 10.5 Å². The monoisotopic (exact) mass is 498 g/mol. The van der Waals surface area contributed by atoms with E-state index in [0.29, 0.717) is 19.1 Å². The number of rotatable bonds is 12. The van der Waals surface area contributed by atoms with Gasteiger partial charge in [0.1, 0.15) is 0 Å². The number of guanidine groups is 1. The van der Waals surface area contributed by atoms with Gasteiger partial charge < -0.3 is 15.8 Å². The molecule has 1 rings (SSSR count). The van der Waals surface area contributed by atoms with Crippen molar-refractivity contribution in [3.05, 3.63) is 29.8 Å². The summed E-state index contributed by atoms with van der Waals surface area (Å²) in [6, 6.07) is 6.68. The van der Waals surface area contributed by atoms with Crippen LogP contribution in [0.3, 0.4) is 0 Å². The van der Waals surface area contributed by atoms with E-state index in [1.807, 2.05) is 6.07 Å². The van der Waals surface area contributed by atoms with Gasteiger partial charge >= 0.3 is 0 Å². The average molecular weight is 498 g/mol. The number of nitrogens with zero attached hydrogens (tertiary/aromatic N) is 1. The second-order valence-electron chi connectivity index (χ2n) is 5.73. The maximum atomic E-state index is 12.2. The molecular formula is C17H31IN4O3S. The minimum Gasteiger partial charge on any atom is -0.383 e. The van der Waals surface area contributed by atoms with Crippen molar-refractivity contribution in [3.63, 3.8) is 0 Å². The zero-order valence-corrected chi connectivity index (χ0v) is 18.7. The van der Waals surface area contributed by atoms with Gasteiger partial charge in [-0.3, -0.25) is 0 Å². The molecule has 0 aliphatic rings. The summed E-state index contributed by atoms with van der Waals surface area (Å²) in [4.78, 5) is 4.47. The summed E-state index contributed by atoms with van der Waals surface area (Å²) < 4.78 is 31.7. The molecule has 4 N–H and O–H groups in total. The highest BCUT2D eigenvalue weighted by molar-refractivity contribution is 14.0. The SMILES string of the molecule is CCCCCCNC(N)=NCc1cccc(S(=O)(=O)NCCOC)c1.I. The van der Waals surface area contributed by atoms with Gasteiger partial charge in [-0.25, -0.2) is 18.1 Å². The van der Waals surface area contributed by atoms with E-state index >= 15 is 0 Å². The van der Waals surface area contributed by atoms with Crippen LogP contribution in [0, 0.1) is 0 Å². The molecule has 0 amide bonds. The quantitative estimate of drug-likeness (QED) is 0.177. The van der Waals surface area contributed by atoms with E-state index in [1.165, 1.54) is 26.4 Å². The van der Waals surface area contributed by atoms with Crippen molar-refractivity contribution in [1.29, 1.82) is 0 Å². The van der Waals surface area contributed by atoms with Crippen LogP contribution in [0.5, 0.6) is 0 Å². The van der Waals surface area contributed by atoms with Gasteiger partial charge in [-0.05, 0) is 24.1 Å². The van der Waals surface area contributed by atoms with Gasteiger partial charge in [0.2, 0.25) is 10.0 Å². The van der Waals surface area contributed by atoms with Crippen LogP contribution in [0.4, 0.5) is 0 Å². The minimum atomic E-state index is -3.54. The number of benzene rings is 1. The minimum absolute atomic E-state index is 0. The molecule has 0 aliphatic heterocycles. The van der Waals surface area contributed by atoms with E-state index in [1.54, 1.807) is 18.2 Å². The van der Waals surface area contributed by atoms with Gasteiger partial charge in [-0.2, -0.15) is 0 Å². The van der Waals surface area contributed by atoms with Crippen molar-refractivity contribution in [2.75, 3.05) is 26.8 Å². The maximum Gasteiger partial charge on any atom is 0.240 e. The number of sulfonamides is 1. The molecule has 0 unspecified atom stereocenters. The molecule has 0 aromatic heterocycles. The smallest absolute Gasteiger partial charge is 0.240 e. The Balaban J connectivity index is 0.00000625. The summed E-state index contributed by atoms with van der Waals surface area (Å²) in [7, 11) is -2.02. The highest BCUT2D eigenvalue weighted by Gasteiger charge is 2.13. The number of aliphatic imine (C=N–C) groups is 1. The van der Waals surface area contributed by atoms with E-state index < -0.39 is 10.0 Å². The number of nitrogens with two attached hydrogens (primary N) is 1. The summed E-state index contributed by atoms with van der Waals surface area (Å²) in [5.41, 5.74) is 6.62. The Hall–Kier alpha value is -0.910. The summed E-state index contributed by atoms with van der Waals surface area (Å²) in [6.07, 6.45) is 4.65. The molecule has 0 bridgehead atoms. The Labute approximate surface area is 174 Å². The molecule has 0 aliphatic carbocycles. The lowest BCUT2D eigenvalue weighted by Gasteiger charge is -2.08. The van der Waals surface area contributed by atoms with Crippen molar-refractivity contribution in [2.45, 2.75) is 44.0 Å². The first-order valence-corrected chi connectivity index (χ1v) is 10.1. The molecule has 1 aromatic rings. The summed E-state index contributed by atoms with van der Waals surface area (Å²) in [5.74, 6) is 0.378. The molecule has 150 valence electrons. The molecule has 7 nitrogen and oxygen atoms in total. The first kappa shape index (κ1) is 25.1. The third-order valence-corrected chi connectivity index (χ3v) is 5.03. The van der Waals surface area contributed by atoms with Gasteiger partial charge in [-0.1, -0.05) is 38.3 Å². The van der Waals surface area contributed by atoms with Crippen LogP contribution in [0.15, 0.2) is 34.2 Å². The number of unbranched alkanes of at least 4 members (excludes halogenated alkanes) is 3. The van der Waals surface area contributed by atoms with E-state index in [2.05, 4.69) is 22.0 Å². The maximum absolute atomic E-state index is 12.2. The van der Waals surface area contributed by atoms with Gasteiger partial charge in [0.05, 0.1) is 18.0 Å². The summed E-state index contributed by atoms with van der Waals surface area (Å²) in [6.45, 7) is 3.85. The largest absolute Gasteiger partial charge is 0.383 e. The number of halogens is 1. The second kappa shape index (κ2) is 14.2. The summed E-state index contributed by atoms with van der Waals surface area (Å²) >= 11 is 0. The summed E-state index contributed by atoms with van der Waals surface area (Å²) in [5, 5.41) is 3.07. The fourth-order valence-corrected chi connectivity index (χ4v) is 3.26. The topological polar surface area (TPSA) is 106 Å². The standard InChI is InChI=1S/C17H30N4O3S.HI/c1-3-4-5-6-10-19-17(18)20-14-15-8-7-9-16(13-15)25(22,23)21-11-12-24-2;/h7-9,13,21H,3-6,10-12,14H2,1-2H3,(H3,18,19,20);1H. The number of nitrogens with one attached hydrogen (secondary N) is 2. The van der Waals surface area contributed by atoms with Crippen LogP contribution in [-0.4, -0.2) is 41.2 Å². The zero-order valence-electron chi connectivity index (χ0n) is 15.5. The van der Waals surface area contributed by atoms with E-state index in [9.17, 15) is 8.42 Å². The van der Waals surface area contributed by atoms with Crippen LogP contribution < -0.4 is 15.8 Å². The first-order valence-electron chi connectivity index (χ1n) is 8.61. The second-order valence-corrected chi connectivity index (χ2v) is 7.49. The third-order valence-electron chi connectivity index (χ3n) is 3.58. The fourth-order valence-electron chi connectivity index (χ4n) is 2.17. The van der Waals surface area contributed by atoms with Crippen molar-refractivity contribution in [1.82, 2.24) is 10.0 Å². The van der Waals surface area contributed by atoms with Gasteiger partial charge in [0, 0.05) is 20.2 Å². The van der Waals surface area contributed by atoms with Crippen LogP contribution in [-0.2, 0) is 21.3 Å². The molecular weight excluding hydrogens is 467 g/mol. The van der Waals surface area contributed by atoms with Crippen LogP contribution in [0.2, 0.25) is 0 Å². The highest BCUT2D eigenvalue weighted by Crippen LogP contribution is 2.12. The molecule has 9 heteroatoms. The van der Waals surface area contributed by atoms with Crippen LogP contribution >= 0.6 is 24.0 Å². The van der Waals surface area contributed by atoms with Crippen molar-refractivity contribution < 1.29 is 13.2 Å². The fraction of sp³-hybridized carbons (Fsp3) is 0.588. The molecule has 0 spiro atoms. The Morgan fingerprint density at radius 3 is 2.69 bits per heavy atom. The molecule has 0 saturated carbocycles. The number of hydrogen-bond acceptors (Lipinski definition) is 4. The predicted molar refractivity (Wildman–Crippen MR) is 116 cm³/mol. The Morgan fingerprint density at radius 1 is 1.23 bits per heavy atom. The van der Waals surface area contributed by atoms with E-state index in [0.717, 1.165) is 18.5 Å². The molecule has 0 heterocycles. The molecule has 0 saturated heterocycles. The van der Waals surface area contributed by atoms with Gasteiger partial charge in [-0.15, -0.1) is 24.0 Å². The normalized spacial score (nSPS) is 11.8. The van der Waals surface area contributed by atoms with Crippen molar-refractivity contribution in [3.8, 4) is 0 Å². The Morgan fingerprint density at radius 2 is 2.00 bits per heavy atom. The lowest BCUT2D eigenvalue weighted by atomic mass is 10.2. The molecule has 0 atom stereocenters. The predicted octanol–water partition coefficient (Wildman–Crippen LogP) is 2.21. The molecule has 1 aromatic carbocycles. The highest BCUT2D eigenvalue weighted by atomic mass is 127. The third kappa shape index (κ3) is 10.3. The number of hydrogen-bond donors (Lipinski definition) is 3. The lowest BCUT2D eigenvalue weighted by molar-refractivity contribution is 0.204. The zero-order chi connectivity index (χ0) is 18.5. The van der Waals surface area contributed by atoms with Crippen LogP contribution in [0.1, 0.15) is 38.2 Å².